The molecule has 0 radical (unpaired) electrons. The lowest BCUT2D eigenvalue weighted by molar-refractivity contribution is -0.121. The number of nitrogens with one attached hydrogen (secondary N) is 2. The summed E-state index contributed by atoms with van der Waals surface area (Å²) in [5.74, 6) is 0.632. The van der Waals surface area contributed by atoms with Gasteiger partial charge in [0.2, 0.25) is 22.7 Å². The number of fused-ring (bicyclic) bond motifs is 1. The number of H-pyrrole nitrogens is 1. The molecule has 2 amide bonds. The minimum Gasteiger partial charge on any atom is -0.454 e. The summed E-state index contributed by atoms with van der Waals surface area (Å²) in [6, 6.07) is 6.62. The number of amides is 2. The first-order valence-electron chi connectivity index (χ1n) is 11.2. The van der Waals surface area contributed by atoms with Crippen molar-refractivity contribution in [2.45, 2.75) is 17.7 Å². The number of morpholine rings is 1. The second kappa shape index (κ2) is 9.28. The van der Waals surface area contributed by atoms with Gasteiger partial charge < -0.3 is 29.4 Å². The highest BCUT2D eigenvalue weighted by molar-refractivity contribution is 7.89. The average Bonchev–Trinajstić information content (AvgIpc) is 3.54. The van der Waals surface area contributed by atoms with E-state index in [0.29, 0.717) is 69.4 Å². The van der Waals surface area contributed by atoms with Crippen LogP contribution in [0.1, 0.15) is 23.3 Å². The molecule has 0 unspecified atom stereocenters. The summed E-state index contributed by atoms with van der Waals surface area (Å²) in [7, 11) is -3.68. The topological polar surface area (TPSA) is 130 Å². The zero-order valence-electron chi connectivity index (χ0n) is 18.5. The molecule has 0 saturated carbocycles. The molecule has 3 aliphatic heterocycles. The van der Waals surface area contributed by atoms with Crippen molar-refractivity contribution < 1.29 is 32.2 Å². The molecular formula is C22H26N4O7S. The number of nitrogens with zero attached hydrogens (tertiary/aromatic N) is 2. The molecule has 2 fully saturated rings. The van der Waals surface area contributed by atoms with Crippen LogP contribution in [0.25, 0.3) is 0 Å². The van der Waals surface area contributed by atoms with Crippen molar-refractivity contribution in [1.29, 1.82) is 0 Å². The smallest absolute Gasteiger partial charge is 0.270 e. The number of anilines is 1. The van der Waals surface area contributed by atoms with Gasteiger partial charge in [0, 0.05) is 50.0 Å². The van der Waals surface area contributed by atoms with Gasteiger partial charge in [-0.1, -0.05) is 0 Å². The monoisotopic (exact) mass is 490 g/mol. The zero-order chi connectivity index (χ0) is 23.7. The molecule has 4 heterocycles. The first-order valence-corrected chi connectivity index (χ1v) is 12.6. The van der Waals surface area contributed by atoms with E-state index in [1.807, 2.05) is 0 Å². The lowest BCUT2D eigenvalue weighted by Crippen LogP contribution is -2.41. The summed E-state index contributed by atoms with van der Waals surface area (Å²) in [5, 5.41) is 2.90. The maximum absolute atomic E-state index is 12.9. The second-order valence-electron chi connectivity index (χ2n) is 8.39. The third-order valence-corrected chi connectivity index (χ3v) is 8.16. The van der Waals surface area contributed by atoms with Gasteiger partial charge in [0.25, 0.3) is 5.91 Å². The zero-order valence-corrected chi connectivity index (χ0v) is 19.3. The van der Waals surface area contributed by atoms with E-state index in [1.54, 1.807) is 23.1 Å². The first kappa shape index (κ1) is 22.7. The Morgan fingerprint density at radius 1 is 1.00 bits per heavy atom. The number of carbonyl (C=O) groups is 2. The van der Waals surface area contributed by atoms with Gasteiger partial charge in [0.1, 0.15) is 10.6 Å². The van der Waals surface area contributed by atoms with E-state index >= 15 is 0 Å². The maximum atomic E-state index is 12.9. The van der Waals surface area contributed by atoms with Gasteiger partial charge in [0.15, 0.2) is 11.5 Å². The molecule has 182 valence electrons. The first-order chi connectivity index (χ1) is 16.4. The quantitative estimate of drug-likeness (QED) is 0.645. The fourth-order valence-corrected chi connectivity index (χ4v) is 5.72. The van der Waals surface area contributed by atoms with Crippen molar-refractivity contribution in [2.24, 2.45) is 5.92 Å². The summed E-state index contributed by atoms with van der Waals surface area (Å²) in [5.41, 5.74) is 0.850. The molecule has 2 aromatic rings. The number of piperidine rings is 1. The molecule has 1 aromatic heterocycles. The van der Waals surface area contributed by atoms with Gasteiger partial charge in [-0.05, 0) is 31.0 Å². The van der Waals surface area contributed by atoms with Gasteiger partial charge in [-0.15, -0.1) is 0 Å². The highest BCUT2D eigenvalue weighted by atomic mass is 32.2. The van der Waals surface area contributed by atoms with Crippen LogP contribution in [0.2, 0.25) is 0 Å². The van der Waals surface area contributed by atoms with E-state index in [0.717, 1.165) is 0 Å². The Kier molecular flexibility index (Phi) is 6.19. The Morgan fingerprint density at radius 3 is 2.50 bits per heavy atom. The lowest BCUT2D eigenvalue weighted by Gasteiger charge is -2.31. The van der Waals surface area contributed by atoms with Crippen LogP contribution in [0.3, 0.4) is 0 Å². The van der Waals surface area contributed by atoms with Crippen molar-refractivity contribution in [1.82, 2.24) is 14.2 Å². The molecular weight excluding hydrogens is 464 g/mol. The molecule has 5 rings (SSSR count). The number of carbonyl (C=O) groups excluding carboxylic acids is 2. The summed E-state index contributed by atoms with van der Waals surface area (Å²) < 4.78 is 42.8. The molecule has 12 heteroatoms. The molecule has 1 aromatic carbocycles. The minimum atomic E-state index is -3.68. The SMILES string of the molecule is O=C(Nc1ccc2c(c1)OCO2)C1CCN(C(=O)c2cc(S(=O)(=O)N3CCOCC3)c[nH]2)CC1. The molecule has 3 aliphatic rings. The fourth-order valence-electron chi connectivity index (χ4n) is 4.32. The normalized spacial score (nSPS) is 19.2. The summed E-state index contributed by atoms with van der Waals surface area (Å²) in [6.45, 7) is 2.27. The summed E-state index contributed by atoms with van der Waals surface area (Å²) in [4.78, 5) is 30.1. The largest absolute Gasteiger partial charge is 0.454 e. The van der Waals surface area contributed by atoms with Crippen LogP contribution in [0.5, 0.6) is 11.5 Å². The number of aromatic nitrogens is 1. The van der Waals surface area contributed by atoms with Crippen LogP contribution >= 0.6 is 0 Å². The van der Waals surface area contributed by atoms with E-state index in [1.165, 1.54) is 16.6 Å². The number of hydrogen-bond acceptors (Lipinski definition) is 7. The molecule has 0 atom stereocenters. The van der Waals surface area contributed by atoms with Crippen LogP contribution in [-0.4, -0.2) is 80.6 Å². The van der Waals surface area contributed by atoms with Crippen LogP contribution in [0.15, 0.2) is 35.4 Å². The lowest BCUT2D eigenvalue weighted by atomic mass is 9.95. The third-order valence-electron chi connectivity index (χ3n) is 6.29. The molecule has 0 bridgehead atoms. The van der Waals surface area contributed by atoms with Crippen LogP contribution in [0, 0.1) is 5.92 Å². The Hall–Kier alpha value is -3.09. The average molecular weight is 491 g/mol. The molecule has 34 heavy (non-hydrogen) atoms. The van der Waals surface area contributed by atoms with Crippen molar-refractivity contribution in [3.8, 4) is 11.5 Å². The predicted molar refractivity (Wildman–Crippen MR) is 120 cm³/mol. The van der Waals surface area contributed by atoms with Crippen molar-refractivity contribution >= 4 is 27.5 Å². The highest BCUT2D eigenvalue weighted by Gasteiger charge is 2.31. The Balaban J connectivity index is 1.16. The molecule has 2 saturated heterocycles. The second-order valence-corrected chi connectivity index (χ2v) is 10.3. The Bertz CT molecular complexity index is 1180. The van der Waals surface area contributed by atoms with E-state index in [9.17, 15) is 18.0 Å². The van der Waals surface area contributed by atoms with Gasteiger partial charge >= 0.3 is 0 Å². The summed E-state index contributed by atoms with van der Waals surface area (Å²) in [6.07, 6.45) is 2.38. The van der Waals surface area contributed by atoms with Crippen molar-refractivity contribution in [2.75, 3.05) is 51.5 Å². The molecule has 2 N–H and O–H groups in total. The van der Waals surface area contributed by atoms with E-state index in [4.69, 9.17) is 14.2 Å². The number of rotatable bonds is 5. The number of hydrogen-bond donors (Lipinski definition) is 2. The van der Waals surface area contributed by atoms with Crippen molar-refractivity contribution in [3.63, 3.8) is 0 Å². The number of sulfonamides is 1. The fraction of sp³-hybridized carbons (Fsp3) is 0.455. The number of likely N-dealkylation sites (tertiary alicyclic amines) is 1. The van der Waals surface area contributed by atoms with Gasteiger partial charge in [-0.2, -0.15) is 4.31 Å². The van der Waals surface area contributed by atoms with Crippen LogP contribution < -0.4 is 14.8 Å². The summed E-state index contributed by atoms with van der Waals surface area (Å²) >= 11 is 0. The molecule has 0 aliphatic carbocycles. The number of aromatic amines is 1. The Morgan fingerprint density at radius 2 is 1.74 bits per heavy atom. The van der Waals surface area contributed by atoms with E-state index < -0.39 is 10.0 Å². The predicted octanol–water partition coefficient (Wildman–Crippen LogP) is 1.26. The molecule has 0 spiro atoms. The van der Waals surface area contributed by atoms with Gasteiger partial charge in [-0.25, -0.2) is 8.42 Å². The van der Waals surface area contributed by atoms with Crippen LogP contribution in [0.4, 0.5) is 5.69 Å². The van der Waals surface area contributed by atoms with Crippen LogP contribution in [-0.2, 0) is 19.6 Å². The van der Waals surface area contributed by atoms with Gasteiger partial charge in [-0.3, -0.25) is 9.59 Å². The maximum Gasteiger partial charge on any atom is 0.270 e. The van der Waals surface area contributed by atoms with Gasteiger partial charge in [0.05, 0.1) is 13.2 Å². The number of benzene rings is 1. The van der Waals surface area contributed by atoms with E-state index in [-0.39, 0.29) is 35.1 Å². The third kappa shape index (κ3) is 4.48. The standard InChI is InChI=1S/C22H26N4O7S/c27-21(24-16-1-2-19-20(11-16)33-14-32-19)15-3-5-25(6-4-15)22(28)18-12-17(13-23-18)34(29,30)26-7-9-31-10-8-26/h1-2,11-13,15,23H,3-10,14H2,(H,24,27). The minimum absolute atomic E-state index is 0.0655. The van der Waals surface area contributed by atoms with E-state index in [2.05, 4.69) is 10.3 Å². The molecule has 11 nitrogen and oxygen atoms in total. The highest BCUT2D eigenvalue weighted by Crippen LogP contribution is 2.34. The Labute approximate surface area is 197 Å². The van der Waals surface area contributed by atoms with Crippen molar-refractivity contribution in [3.05, 3.63) is 36.2 Å². The number of ether oxygens (including phenoxy) is 3.